The molecule has 41 heavy (non-hydrogen) atoms. The number of rotatable bonds is 12. The fourth-order valence-electron chi connectivity index (χ4n) is 5.15. The summed E-state index contributed by atoms with van der Waals surface area (Å²) >= 11 is 0. The number of carbonyl (C=O) groups excluding carboxylic acids is 1. The maximum absolute atomic E-state index is 14.1. The van der Waals surface area contributed by atoms with Gasteiger partial charge in [-0.1, -0.05) is 23.4 Å². The standard InChI is InChI=1S/C22H29FN2O3.C6H8O7/c1-2-27-21(26)22(9-11-25(12-10-22)15-16-7-8-16)14-17-13-20(24-28-17)18-5-3-4-6-19(18)23;7-3(8)1-6(13,5(11)12)2-4(9)10/h3-6,16-17H,2,7-15H2,1H3;13H,1-2H2,(H,7,8)(H,9,10)(H,11,12). The number of nitrogens with zero attached hydrogens (tertiary/aromatic N) is 2. The number of carbonyl (C=O) groups is 4. The molecule has 0 amide bonds. The van der Waals surface area contributed by atoms with Crippen molar-refractivity contribution < 1.29 is 53.6 Å². The van der Waals surface area contributed by atoms with E-state index in [1.54, 1.807) is 18.2 Å². The molecule has 13 heteroatoms. The molecule has 1 atom stereocenters. The Bertz CT molecular complexity index is 1130. The van der Waals surface area contributed by atoms with E-state index in [9.17, 15) is 23.6 Å². The molecule has 3 aliphatic rings. The average Bonchev–Trinajstić information content (AvgIpc) is 3.60. The zero-order valence-electron chi connectivity index (χ0n) is 23.0. The summed E-state index contributed by atoms with van der Waals surface area (Å²) in [5.74, 6) is -4.58. The zero-order valence-corrected chi connectivity index (χ0v) is 23.0. The number of ether oxygens (including phenoxy) is 1. The van der Waals surface area contributed by atoms with Crippen molar-refractivity contribution in [3.05, 3.63) is 35.6 Å². The minimum atomic E-state index is -2.74. The lowest BCUT2D eigenvalue weighted by Crippen LogP contribution is -2.47. The molecule has 0 radical (unpaired) electrons. The van der Waals surface area contributed by atoms with E-state index in [0.717, 1.165) is 38.4 Å². The highest BCUT2D eigenvalue weighted by Crippen LogP contribution is 2.41. The molecule has 2 fully saturated rings. The first kappa shape index (κ1) is 31.9. The molecule has 1 aliphatic carbocycles. The number of aliphatic hydroxyl groups is 1. The quantitative estimate of drug-likeness (QED) is 0.266. The molecule has 1 aromatic rings. The zero-order chi connectivity index (χ0) is 30.2. The lowest BCUT2D eigenvalue weighted by atomic mass is 9.73. The number of hydrogen-bond acceptors (Lipinski definition) is 9. The summed E-state index contributed by atoms with van der Waals surface area (Å²) in [6, 6.07) is 6.61. The summed E-state index contributed by atoms with van der Waals surface area (Å²) in [6.45, 7) is 5.22. The molecule has 1 aromatic carbocycles. The molecule has 1 unspecified atom stereocenters. The monoisotopic (exact) mass is 580 g/mol. The number of halogens is 1. The van der Waals surface area contributed by atoms with Crippen molar-refractivity contribution in [3.63, 3.8) is 0 Å². The first-order valence-electron chi connectivity index (χ1n) is 13.6. The third-order valence-electron chi connectivity index (χ3n) is 7.56. The number of benzene rings is 1. The molecule has 12 nitrogen and oxygen atoms in total. The van der Waals surface area contributed by atoms with Gasteiger partial charge < -0.3 is 34.9 Å². The van der Waals surface area contributed by atoms with Crippen LogP contribution in [0.5, 0.6) is 0 Å². The molecular formula is C28H37FN2O10. The normalized spacial score (nSPS) is 20.2. The van der Waals surface area contributed by atoms with Gasteiger partial charge in [-0.2, -0.15) is 0 Å². The molecule has 2 aliphatic heterocycles. The summed E-state index contributed by atoms with van der Waals surface area (Å²) in [6.07, 6.45) is 2.84. The van der Waals surface area contributed by atoms with Gasteiger partial charge in [0.1, 0.15) is 11.9 Å². The summed E-state index contributed by atoms with van der Waals surface area (Å²) in [4.78, 5) is 51.5. The minimum Gasteiger partial charge on any atom is -0.481 e. The molecule has 1 saturated heterocycles. The van der Waals surface area contributed by atoms with E-state index in [2.05, 4.69) is 10.1 Å². The van der Waals surface area contributed by atoms with Crippen LogP contribution in [0, 0.1) is 17.2 Å². The van der Waals surface area contributed by atoms with Crippen molar-refractivity contribution in [3.8, 4) is 0 Å². The Morgan fingerprint density at radius 1 is 1.10 bits per heavy atom. The minimum absolute atomic E-state index is 0.121. The van der Waals surface area contributed by atoms with Crippen LogP contribution in [0.3, 0.4) is 0 Å². The largest absolute Gasteiger partial charge is 0.481 e. The van der Waals surface area contributed by atoms with Crippen molar-refractivity contribution in [2.24, 2.45) is 16.5 Å². The third kappa shape index (κ3) is 8.95. The van der Waals surface area contributed by atoms with E-state index < -0.39 is 41.8 Å². The van der Waals surface area contributed by atoms with Crippen LogP contribution >= 0.6 is 0 Å². The van der Waals surface area contributed by atoms with Gasteiger partial charge in [0, 0.05) is 24.9 Å². The molecule has 4 N–H and O–H groups in total. The van der Waals surface area contributed by atoms with E-state index in [1.165, 1.54) is 18.9 Å². The number of oxime groups is 1. The number of aliphatic carboxylic acids is 3. The van der Waals surface area contributed by atoms with Crippen molar-refractivity contribution in [2.45, 2.75) is 70.0 Å². The van der Waals surface area contributed by atoms with E-state index >= 15 is 0 Å². The molecule has 2 heterocycles. The SMILES string of the molecule is CCOC(=O)C1(CC2CC(c3ccccc3F)=NO2)CCN(CC2CC2)CC1.O=C(O)CC(O)(CC(=O)O)C(=O)O. The summed E-state index contributed by atoms with van der Waals surface area (Å²) in [7, 11) is 0. The third-order valence-corrected chi connectivity index (χ3v) is 7.56. The first-order chi connectivity index (χ1) is 19.4. The van der Waals surface area contributed by atoms with E-state index in [1.807, 2.05) is 6.92 Å². The second kappa shape index (κ2) is 13.9. The Morgan fingerprint density at radius 2 is 1.71 bits per heavy atom. The van der Waals surface area contributed by atoms with Crippen LogP contribution < -0.4 is 0 Å². The van der Waals surface area contributed by atoms with Gasteiger partial charge in [-0.05, 0) is 57.7 Å². The van der Waals surface area contributed by atoms with Crippen LogP contribution in [0.4, 0.5) is 4.39 Å². The predicted octanol–water partition coefficient (Wildman–Crippen LogP) is 2.52. The Morgan fingerprint density at radius 3 is 2.22 bits per heavy atom. The van der Waals surface area contributed by atoms with E-state index in [4.69, 9.17) is 30.0 Å². The Balaban J connectivity index is 0.000000302. The number of carboxylic acid groups (broad SMARTS) is 3. The Labute approximate surface area is 236 Å². The maximum atomic E-state index is 14.1. The van der Waals surface area contributed by atoms with Crippen molar-refractivity contribution in [1.29, 1.82) is 0 Å². The van der Waals surface area contributed by atoms with Gasteiger partial charge in [-0.3, -0.25) is 14.4 Å². The fourth-order valence-corrected chi connectivity index (χ4v) is 5.15. The number of carboxylic acids is 3. The fraction of sp³-hybridized carbons (Fsp3) is 0.607. The summed E-state index contributed by atoms with van der Waals surface area (Å²) in [5.41, 5.74) is -2.17. The average molecular weight is 581 g/mol. The molecule has 1 saturated carbocycles. The Hall–Kier alpha value is -3.58. The lowest BCUT2D eigenvalue weighted by molar-refractivity contribution is -0.170. The molecule has 4 rings (SSSR count). The van der Waals surface area contributed by atoms with Gasteiger partial charge >= 0.3 is 23.9 Å². The van der Waals surface area contributed by atoms with Crippen molar-refractivity contribution >= 4 is 29.6 Å². The van der Waals surface area contributed by atoms with E-state index in [-0.39, 0.29) is 17.9 Å². The van der Waals surface area contributed by atoms with Crippen LogP contribution in [-0.2, 0) is 28.8 Å². The van der Waals surface area contributed by atoms with Gasteiger partial charge in [-0.15, -0.1) is 0 Å². The second-order valence-corrected chi connectivity index (χ2v) is 10.9. The molecular weight excluding hydrogens is 543 g/mol. The van der Waals surface area contributed by atoms with Crippen molar-refractivity contribution in [1.82, 2.24) is 4.90 Å². The van der Waals surface area contributed by atoms with Crippen molar-refractivity contribution in [2.75, 3.05) is 26.2 Å². The lowest BCUT2D eigenvalue weighted by Gasteiger charge is -2.40. The van der Waals surface area contributed by atoms with Crippen LogP contribution in [0.1, 0.15) is 63.9 Å². The summed E-state index contributed by atoms with van der Waals surface area (Å²) < 4.78 is 19.5. The number of esters is 1. The molecule has 0 spiro atoms. The summed E-state index contributed by atoms with van der Waals surface area (Å²) in [5, 5.41) is 37.9. The molecule has 0 bridgehead atoms. The highest BCUT2D eigenvalue weighted by atomic mass is 19.1. The van der Waals surface area contributed by atoms with Crippen LogP contribution in [0.15, 0.2) is 29.4 Å². The highest BCUT2D eigenvalue weighted by Gasteiger charge is 2.46. The number of piperidine rings is 1. The molecule has 0 aromatic heterocycles. The van der Waals surface area contributed by atoms with Gasteiger partial charge in [-0.25, -0.2) is 9.18 Å². The van der Waals surface area contributed by atoms with Gasteiger partial charge in [0.25, 0.3) is 0 Å². The highest BCUT2D eigenvalue weighted by molar-refractivity contribution is 6.01. The van der Waals surface area contributed by atoms with Crippen LogP contribution in [-0.4, -0.2) is 92.9 Å². The topological polar surface area (TPSA) is 183 Å². The second-order valence-electron chi connectivity index (χ2n) is 10.9. The first-order valence-corrected chi connectivity index (χ1v) is 13.6. The smallest absolute Gasteiger partial charge is 0.336 e. The Kier molecular flexibility index (Phi) is 10.8. The predicted molar refractivity (Wildman–Crippen MR) is 142 cm³/mol. The maximum Gasteiger partial charge on any atom is 0.336 e. The van der Waals surface area contributed by atoms with Crippen LogP contribution in [0.2, 0.25) is 0 Å². The van der Waals surface area contributed by atoms with Gasteiger partial charge in [0.2, 0.25) is 0 Å². The molecule has 226 valence electrons. The van der Waals surface area contributed by atoms with E-state index in [0.29, 0.717) is 30.7 Å². The van der Waals surface area contributed by atoms with Gasteiger partial charge in [0.05, 0.1) is 30.6 Å². The van der Waals surface area contributed by atoms with Gasteiger partial charge in [0.15, 0.2) is 5.60 Å². The number of likely N-dealkylation sites (tertiary alicyclic amines) is 1. The number of hydrogen-bond donors (Lipinski definition) is 4. The van der Waals surface area contributed by atoms with Crippen LogP contribution in [0.25, 0.3) is 0 Å².